The average molecular weight is 332 g/mol. The van der Waals surface area contributed by atoms with E-state index >= 15 is 0 Å². The van der Waals surface area contributed by atoms with Crippen molar-refractivity contribution in [3.05, 3.63) is 27.8 Å². The van der Waals surface area contributed by atoms with Gasteiger partial charge >= 0.3 is 0 Å². The van der Waals surface area contributed by atoms with E-state index < -0.39 is 0 Å². The second-order valence-electron chi connectivity index (χ2n) is 7.13. The number of fused-ring (bicyclic) bond motifs is 1. The third-order valence-electron chi connectivity index (χ3n) is 5.47. The number of nitro groups is 1. The molecule has 0 amide bonds. The van der Waals surface area contributed by atoms with Gasteiger partial charge in [0.1, 0.15) is 11.4 Å². The third-order valence-corrected chi connectivity index (χ3v) is 5.47. The van der Waals surface area contributed by atoms with Crippen molar-refractivity contribution in [2.45, 2.75) is 44.4 Å². The number of piperazine rings is 1. The molecule has 0 aromatic heterocycles. The van der Waals surface area contributed by atoms with Gasteiger partial charge in [-0.05, 0) is 32.3 Å². The summed E-state index contributed by atoms with van der Waals surface area (Å²) < 4.78 is 5.95. The van der Waals surface area contributed by atoms with Crippen LogP contribution in [0, 0.1) is 17.0 Å². The van der Waals surface area contributed by atoms with Gasteiger partial charge < -0.3 is 15.4 Å². The maximum atomic E-state index is 11.6. The molecule has 3 aliphatic rings. The van der Waals surface area contributed by atoms with E-state index in [2.05, 4.69) is 9.80 Å². The summed E-state index contributed by atoms with van der Waals surface area (Å²) in [5.41, 5.74) is 7.98. The molecule has 2 N–H and O–H groups in total. The highest BCUT2D eigenvalue weighted by Gasteiger charge is 2.38. The third kappa shape index (κ3) is 2.71. The van der Waals surface area contributed by atoms with Crippen molar-refractivity contribution in [2.75, 3.05) is 31.1 Å². The Morgan fingerprint density at radius 1 is 1.25 bits per heavy atom. The number of nitrogens with two attached hydrogens (primary N) is 1. The maximum Gasteiger partial charge on any atom is 0.293 e. The van der Waals surface area contributed by atoms with Crippen molar-refractivity contribution in [2.24, 2.45) is 5.73 Å². The summed E-state index contributed by atoms with van der Waals surface area (Å²) in [6.07, 6.45) is 3.42. The van der Waals surface area contributed by atoms with Gasteiger partial charge in [0, 0.05) is 49.9 Å². The maximum absolute atomic E-state index is 11.6. The fraction of sp³-hybridized carbons (Fsp3) is 0.647. The number of ether oxygens (including phenoxy) is 1. The molecule has 3 fully saturated rings. The van der Waals surface area contributed by atoms with Crippen LogP contribution in [0.5, 0.6) is 5.75 Å². The van der Waals surface area contributed by atoms with Gasteiger partial charge in [0.05, 0.1) is 11.0 Å². The van der Waals surface area contributed by atoms with Crippen molar-refractivity contribution in [1.29, 1.82) is 0 Å². The van der Waals surface area contributed by atoms with E-state index in [9.17, 15) is 10.1 Å². The van der Waals surface area contributed by atoms with E-state index in [1.54, 1.807) is 12.1 Å². The lowest BCUT2D eigenvalue weighted by molar-refractivity contribution is -0.384. The smallest absolute Gasteiger partial charge is 0.293 e. The number of nitrogens with zero attached hydrogens (tertiary/aromatic N) is 3. The summed E-state index contributed by atoms with van der Waals surface area (Å²) in [7, 11) is 0. The van der Waals surface area contributed by atoms with Crippen LogP contribution in [-0.4, -0.2) is 54.2 Å². The summed E-state index contributed by atoms with van der Waals surface area (Å²) in [5, 5.41) is 11.6. The van der Waals surface area contributed by atoms with Crippen LogP contribution in [0.1, 0.15) is 24.8 Å². The van der Waals surface area contributed by atoms with Crippen LogP contribution in [0.3, 0.4) is 0 Å². The van der Waals surface area contributed by atoms with Crippen LogP contribution >= 0.6 is 0 Å². The van der Waals surface area contributed by atoms with Crippen molar-refractivity contribution in [1.82, 2.24) is 4.90 Å². The zero-order valence-corrected chi connectivity index (χ0v) is 14.0. The first-order chi connectivity index (χ1) is 11.5. The van der Waals surface area contributed by atoms with E-state index in [1.165, 1.54) is 0 Å². The standard InChI is InChI=1S/C17H24N4O3/c1-11-16(24-12-2-3-12)5-4-14(21(22)23)17(11)20-9-8-19-7-6-13(18)15(19)10-20/h4-5,12-13,15H,2-3,6-10,18H2,1H3/t13-,15+/m1/s1. The lowest BCUT2D eigenvalue weighted by Gasteiger charge is -2.40. The molecule has 0 unspecified atom stereocenters. The zero-order chi connectivity index (χ0) is 16.8. The van der Waals surface area contributed by atoms with Crippen molar-refractivity contribution in [3.63, 3.8) is 0 Å². The normalized spacial score (nSPS) is 27.2. The summed E-state index contributed by atoms with van der Waals surface area (Å²) in [4.78, 5) is 15.8. The van der Waals surface area contributed by atoms with E-state index in [-0.39, 0.29) is 28.8 Å². The van der Waals surface area contributed by atoms with Crippen molar-refractivity contribution >= 4 is 11.4 Å². The summed E-state index contributed by atoms with van der Waals surface area (Å²) in [6.45, 7) is 5.41. The van der Waals surface area contributed by atoms with E-state index in [1.807, 2.05) is 6.92 Å². The van der Waals surface area contributed by atoms with Crippen LogP contribution in [-0.2, 0) is 0 Å². The number of anilines is 1. The van der Waals surface area contributed by atoms with Crippen LogP contribution in [0.25, 0.3) is 0 Å². The molecule has 24 heavy (non-hydrogen) atoms. The topological polar surface area (TPSA) is 84.9 Å². The number of benzene rings is 1. The number of nitro benzene ring substituents is 1. The van der Waals surface area contributed by atoms with Gasteiger partial charge in [0.15, 0.2) is 0 Å². The number of hydrogen-bond donors (Lipinski definition) is 1. The molecular weight excluding hydrogens is 308 g/mol. The van der Waals surface area contributed by atoms with Crippen molar-refractivity contribution < 1.29 is 9.66 Å². The molecule has 2 heterocycles. The summed E-state index contributed by atoms with van der Waals surface area (Å²) in [5.74, 6) is 0.774. The Labute approximate surface area is 141 Å². The van der Waals surface area contributed by atoms with Crippen LogP contribution < -0.4 is 15.4 Å². The minimum atomic E-state index is -0.288. The Hall–Kier alpha value is -1.86. The Bertz CT molecular complexity index is 661. The van der Waals surface area contributed by atoms with Gasteiger partial charge in [0.25, 0.3) is 5.69 Å². The Morgan fingerprint density at radius 2 is 2.04 bits per heavy atom. The molecule has 0 bridgehead atoms. The predicted molar refractivity (Wildman–Crippen MR) is 91.6 cm³/mol. The number of hydrogen-bond acceptors (Lipinski definition) is 6. The molecule has 2 saturated heterocycles. The Morgan fingerprint density at radius 3 is 2.75 bits per heavy atom. The van der Waals surface area contributed by atoms with Gasteiger partial charge in [0.2, 0.25) is 0 Å². The predicted octanol–water partition coefficient (Wildman–Crippen LogP) is 1.67. The SMILES string of the molecule is Cc1c(OC2CC2)ccc([N+](=O)[O-])c1N1CCN2CC[C@@H](N)[C@@H]2C1. The fourth-order valence-electron chi connectivity index (χ4n) is 3.95. The van der Waals surface area contributed by atoms with Gasteiger partial charge in [-0.2, -0.15) is 0 Å². The van der Waals surface area contributed by atoms with Crippen LogP contribution in [0.2, 0.25) is 0 Å². The molecule has 7 heteroatoms. The minimum Gasteiger partial charge on any atom is -0.490 e. The van der Waals surface area contributed by atoms with E-state index in [0.717, 1.165) is 56.8 Å². The Kier molecular flexibility index (Phi) is 3.85. The first kappa shape index (κ1) is 15.7. The van der Waals surface area contributed by atoms with Gasteiger partial charge in [-0.15, -0.1) is 0 Å². The molecule has 130 valence electrons. The molecule has 1 aromatic rings. The Balaban J connectivity index is 1.68. The van der Waals surface area contributed by atoms with Gasteiger partial charge in [-0.1, -0.05) is 0 Å². The molecule has 2 atom stereocenters. The molecule has 7 nitrogen and oxygen atoms in total. The molecule has 0 radical (unpaired) electrons. The summed E-state index contributed by atoms with van der Waals surface area (Å²) in [6, 6.07) is 3.76. The summed E-state index contributed by atoms with van der Waals surface area (Å²) >= 11 is 0. The van der Waals surface area contributed by atoms with Gasteiger partial charge in [-0.25, -0.2) is 0 Å². The lowest BCUT2D eigenvalue weighted by atomic mass is 10.0. The highest BCUT2D eigenvalue weighted by molar-refractivity contribution is 5.71. The lowest BCUT2D eigenvalue weighted by Crippen LogP contribution is -2.55. The molecule has 1 saturated carbocycles. The molecule has 4 rings (SSSR count). The first-order valence-electron chi connectivity index (χ1n) is 8.74. The average Bonchev–Trinajstić information content (AvgIpc) is 3.31. The molecule has 1 aliphatic carbocycles. The van der Waals surface area contributed by atoms with E-state index in [0.29, 0.717) is 5.69 Å². The number of rotatable bonds is 4. The van der Waals surface area contributed by atoms with E-state index in [4.69, 9.17) is 10.5 Å². The highest BCUT2D eigenvalue weighted by atomic mass is 16.6. The van der Waals surface area contributed by atoms with Crippen LogP contribution in [0.4, 0.5) is 11.4 Å². The molecular formula is C17H24N4O3. The first-order valence-corrected chi connectivity index (χ1v) is 8.74. The zero-order valence-electron chi connectivity index (χ0n) is 14.0. The van der Waals surface area contributed by atoms with Crippen LogP contribution in [0.15, 0.2) is 12.1 Å². The fourth-order valence-corrected chi connectivity index (χ4v) is 3.95. The largest absolute Gasteiger partial charge is 0.490 e. The highest BCUT2D eigenvalue weighted by Crippen LogP contribution is 2.40. The monoisotopic (exact) mass is 332 g/mol. The van der Waals surface area contributed by atoms with Gasteiger partial charge in [-0.3, -0.25) is 15.0 Å². The van der Waals surface area contributed by atoms with Crippen molar-refractivity contribution in [3.8, 4) is 5.75 Å². The molecule has 1 aromatic carbocycles. The molecule has 0 spiro atoms. The second-order valence-corrected chi connectivity index (χ2v) is 7.13. The quantitative estimate of drug-likeness (QED) is 0.667. The molecule has 2 aliphatic heterocycles. The second kappa shape index (κ2) is 5.89. The minimum absolute atomic E-state index is 0.151.